The molecule has 0 fully saturated rings. The zero-order valence-electron chi connectivity index (χ0n) is 1.23. The average molecular weight is 191 g/mol. The standard InChI is InChI=1S/Fe.Mn.H4Si.Ti/h;;1H4;. The van der Waals surface area contributed by atoms with Crippen LogP contribution in [0.5, 0.6) is 0 Å². The van der Waals surface area contributed by atoms with Crippen LogP contribution in [0.1, 0.15) is 0 Å². The summed E-state index contributed by atoms with van der Waals surface area (Å²) in [5.74, 6) is 0. The van der Waals surface area contributed by atoms with Gasteiger partial charge in [-0.05, 0) is 11.0 Å². The van der Waals surface area contributed by atoms with Crippen LogP contribution in [-0.4, -0.2) is 11.0 Å². The molecule has 0 heterocycles. The molecule has 0 aliphatic heterocycles. The van der Waals surface area contributed by atoms with E-state index in [-0.39, 0.29) is 66.8 Å². The Morgan fingerprint density at radius 3 is 1.00 bits per heavy atom. The summed E-state index contributed by atoms with van der Waals surface area (Å²) >= 11 is 0. The molecule has 0 spiro atoms. The number of hydrogen-bond acceptors (Lipinski definition) is 0. The van der Waals surface area contributed by atoms with Crippen molar-refractivity contribution >= 4 is 11.0 Å². The largest absolute Gasteiger partial charge is 0.0149 e. The van der Waals surface area contributed by atoms with Gasteiger partial charge in [0.1, 0.15) is 0 Å². The molecule has 0 aliphatic carbocycles. The monoisotopic (exact) mass is 191 g/mol. The van der Waals surface area contributed by atoms with Gasteiger partial charge in [-0.15, -0.1) is 0 Å². The van der Waals surface area contributed by atoms with Gasteiger partial charge >= 0.3 is 0 Å². The van der Waals surface area contributed by atoms with Crippen LogP contribution in [0.25, 0.3) is 0 Å². The van der Waals surface area contributed by atoms with Crippen molar-refractivity contribution in [2.75, 3.05) is 0 Å². The summed E-state index contributed by atoms with van der Waals surface area (Å²) in [5, 5.41) is 0. The van der Waals surface area contributed by atoms with Gasteiger partial charge in [-0.25, -0.2) is 0 Å². The second-order valence-electron chi connectivity index (χ2n) is 0. The van der Waals surface area contributed by atoms with Crippen LogP contribution in [-0.2, 0) is 55.9 Å². The van der Waals surface area contributed by atoms with Crippen molar-refractivity contribution in [1.29, 1.82) is 0 Å². The van der Waals surface area contributed by atoms with Crippen LogP contribution < -0.4 is 0 Å². The Morgan fingerprint density at radius 2 is 1.00 bits per heavy atom. The zero-order valence-corrected chi connectivity index (χ0v) is 5.08. The maximum absolute atomic E-state index is 0. The van der Waals surface area contributed by atoms with E-state index in [2.05, 4.69) is 0 Å². The van der Waals surface area contributed by atoms with E-state index < -0.39 is 0 Å². The molecule has 0 aromatic heterocycles. The van der Waals surface area contributed by atoms with Crippen LogP contribution in [0.2, 0.25) is 0 Å². The van der Waals surface area contributed by atoms with E-state index in [1.807, 2.05) is 0 Å². The molecule has 0 atom stereocenters. The predicted octanol–water partition coefficient (Wildman–Crippen LogP) is -1.46. The minimum atomic E-state index is 0. The fourth-order valence-corrected chi connectivity index (χ4v) is 0. The minimum absolute atomic E-state index is 0. The van der Waals surface area contributed by atoms with Crippen molar-refractivity contribution in [2.24, 2.45) is 0 Å². The Balaban J connectivity index is 0. The van der Waals surface area contributed by atoms with E-state index in [0.29, 0.717) is 0 Å². The SMILES string of the molecule is [Fe].[Mn].[SiH4].[Ti]. The van der Waals surface area contributed by atoms with Gasteiger partial charge in [-0.2, -0.15) is 0 Å². The van der Waals surface area contributed by atoms with Crippen molar-refractivity contribution in [3.63, 3.8) is 0 Å². The minimum Gasteiger partial charge on any atom is -0.0149 e. The quantitative estimate of drug-likeness (QED) is 0.410. The fraction of sp³-hybridized carbons (Fsp3) is 0. The molecule has 0 aliphatic rings. The summed E-state index contributed by atoms with van der Waals surface area (Å²) in [6, 6.07) is 0. The van der Waals surface area contributed by atoms with Crippen molar-refractivity contribution < 1.29 is 55.9 Å². The van der Waals surface area contributed by atoms with Crippen LogP contribution in [0.4, 0.5) is 0 Å². The molecule has 0 N–H and O–H groups in total. The maximum Gasteiger partial charge on any atom is 0 e. The first-order valence-corrected chi connectivity index (χ1v) is 0. The van der Waals surface area contributed by atoms with E-state index in [1.54, 1.807) is 0 Å². The molecule has 0 nitrogen and oxygen atoms in total. The van der Waals surface area contributed by atoms with Crippen LogP contribution in [0, 0.1) is 0 Å². The molecular formula is H4FeMnSiTi. The van der Waals surface area contributed by atoms with E-state index in [1.165, 1.54) is 0 Å². The molecular weight excluding hydrogens is 187 g/mol. The molecule has 0 bridgehead atoms. The van der Waals surface area contributed by atoms with Crippen molar-refractivity contribution in [2.45, 2.75) is 0 Å². The summed E-state index contributed by atoms with van der Waals surface area (Å²) in [6.07, 6.45) is 0. The molecule has 0 aromatic carbocycles. The van der Waals surface area contributed by atoms with Gasteiger partial charge in [0.15, 0.2) is 0 Å². The van der Waals surface area contributed by atoms with Gasteiger partial charge in [0.2, 0.25) is 0 Å². The maximum atomic E-state index is 0. The molecule has 0 aromatic rings. The molecule has 4 heteroatoms. The summed E-state index contributed by atoms with van der Waals surface area (Å²) in [5.41, 5.74) is 0. The van der Waals surface area contributed by atoms with Gasteiger partial charge < -0.3 is 0 Å². The molecule has 0 unspecified atom stereocenters. The first-order chi connectivity index (χ1) is 0. The van der Waals surface area contributed by atoms with E-state index in [4.69, 9.17) is 0 Å². The second kappa shape index (κ2) is 20.2. The fourth-order valence-electron chi connectivity index (χ4n) is 0. The van der Waals surface area contributed by atoms with Crippen molar-refractivity contribution in [3.8, 4) is 0 Å². The Labute approximate surface area is 66.3 Å². The van der Waals surface area contributed by atoms with Gasteiger partial charge in [0, 0.05) is 55.9 Å². The summed E-state index contributed by atoms with van der Waals surface area (Å²) in [4.78, 5) is 0. The zero-order chi connectivity index (χ0) is 0. The Bertz CT molecular complexity index is 8.00. The Morgan fingerprint density at radius 1 is 1.00 bits per heavy atom. The molecule has 0 rings (SSSR count). The predicted molar refractivity (Wildman–Crippen MR) is 11.3 cm³/mol. The first kappa shape index (κ1) is 38.0. The van der Waals surface area contributed by atoms with E-state index in [0.717, 1.165) is 0 Å². The third kappa shape index (κ3) is 9.02. The topological polar surface area (TPSA) is 0 Å². The molecule has 0 amide bonds. The van der Waals surface area contributed by atoms with Crippen LogP contribution in [0.15, 0.2) is 0 Å². The second-order valence-corrected chi connectivity index (χ2v) is 0. The number of hydrogen-bond donors (Lipinski definition) is 0. The molecule has 27 valence electrons. The number of rotatable bonds is 0. The smallest absolute Gasteiger partial charge is 0 e. The van der Waals surface area contributed by atoms with Gasteiger partial charge in [0.05, 0.1) is 0 Å². The van der Waals surface area contributed by atoms with E-state index >= 15 is 0 Å². The normalized spacial score (nSPS) is 0. The van der Waals surface area contributed by atoms with Crippen molar-refractivity contribution in [1.82, 2.24) is 0 Å². The first-order valence-electron chi connectivity index (χ1n) is 0. The third-order valence-electron chi connectivity index (χ3n) is 0. The van der Waals surface area contributed by atoms with Crippen molar-refractivity contribution in [3.05, 3.63) is 0 Å². The molecule has 0 saturated heterocycles. The summed E-state index contributed by atoms with van der Waals surface area (Å²) in [7, 11) is 0. The molecule has 4 heavy (non-hydrogen) atoms. The van der Waals surface area contributed by atoms with Crippen LogP contribution in [0.3, 0.4) is 0 Å². The van der Waals surface area contributed by atoms with Gasteiger partial charge in [0.25, 0.3) is 0 Å². The Kier molecular flexibility index (Phi) is 192. The third-order valence-corrected chi connectivity index (χ3v) is 0. The summed E-state index contributed by atoms with van der Waals surface area (Å²) < 4.78 is 0. The average Bonchev–Trinajstić information content (AvgIpc) is 0. The molecule has 1 radical (unpaired) electrons. The summed E-state index contributed by atoms with van der Waals surface area (Å²) in [6.45, 7) is 0. The van der Waals surface area contributed by atoms with Crippen LogP contribution >= 0.6 is 0 Å². The van der Waals surface area contributed by atoms with E-state index in [9.17, 15) is 0 Å². The Hall–Kier alpha value is 1.97. The van der Waals surface area contributed by atoms with Gasteiger partial charge in [-0.1, -0.05) is 0 Å². The van der Waals surface area contributed by atoms with Gasteiger partial charge in [-0.3, -0.25) is 0 Å². The molecule has 0 saturated carbocycles.